The third kappa shape index (κ3) is 6.42. The van der Waals surface area contributed by atoms with Gasteiger partial charge in [0.05, 0.1) is 12.2 Å². The lowest BCUT2D eigenvalue weighted by Crippen LogP contribution is -2.31. The summed E-state index contributed by atoms with van der Waals surface area (Å²) in [5, 5.41) is 0. The highest BCUT2D eigenvalue weighted by molar-refractivity contribution is 5.60. The van der Waals surface area contributed by atoms with Crippen molar-refractivity contribution in [1.29, 1.82) is 0 Å². The van der Waals surface area contributed by atoms with Gasteiger partial charge in [0.25, 0.3) is 0 Å². The zero-order valence-corrected chi connectivity index (χ0v) is 13.3. The van der Waals surface area contributed by atoms with Crippen molar-refractivity contribution in [3.63, 3.8) is 0 Å². The molecule has 0 aromatic heterocycles. The second-order valence-electron chi connectivity index (χ2n) is 6.30. The Balaban J connectivity index is 2.45. The Bertz CT molecular complexity index is 330. The predicted octanol–water partition coefficient (Wildman–Crippen LogP) is 4.23. The predicted molar refractivity (Wildman–Crippen MR) is 78.7 cm³/mol. The van der Waals surface area contributed by atoms with Crippen LogP contribution in [0.4, 0.5) is 4.79 Å². The van der Waals surface area contributed by atoms with Crippen molar-refractivity contribution in [1.82, 2.24) is 0 Å². The van der Waals surface area contributed by atoms with E-state index in [1.54, 1.807) is 0 Å². The van der Waals surface area contributed by atoms with E-state index in [1.807, 2.05) is 27.7 Å². The molecule has 0 amide bonds. The summed E-state index contributed by atoms with van der Waals surface area (Å²) in [6, 6.07) is 0. The molecule has 20 heavy (non-hydrogen) atoms. The van der Waals surface area contributed by atoms with Crippen LogP contribution in [-0.2, 0) is 14.2 Å². The second-order valence-corrected chi connectivity index (χ2v) is 6.30. The number of carbonyl (C=O) groups is 1. The van der Waals surface area contributed by atoms with Gasteiger partial charge in [0.1, 0.15) is 11.7 Å². The van der Waals surface area contributed by atoms with Crippen molar-refractivity contribution in [2.45, 2.75) is 84.2 Å². The Hall–Kier alpha value is -1.03. The van der Waals surface area contributed by atoms with Crippen LogP contribution in [-0.4, -0.2) is 30.1 Å². The SMILES string of the molecule is CC/C=C/CC[C@@H]1O[C@H](C)C[C@H]1OC(=O)OC(C)(C)C. The molecule has 0 aromatic rings. The maximum Gasteiger partial charge on any atom is 0.509 e. The summed E-state index contributed by atoms with van der Waals surface area (Å²) >= 11 is 0. The van der Waals surface area contributed by atoms with Gasteiger partial charge in [-0.1, -0.05) is 19.1 Å². The van der Waals surface area contributed by atoms with E-state index in [9.17, 15) is 4.79 Å². The van der Waals surface area contributed by atoms with Crippen molar-refractivity contribution in [2.75, 3.05) is 0 Å². The van der Waals surface area contributed by atoms with Gasteiger partial charge in [0, 0.05) is 6.42 Å². The summed E-state index contributed by atoms with van der Waals surface area (Å²) in [7, 11) is 0. The van der Waals surface area contributed by atoms with Crippen LogP contribution in [0.25, 0.3) is 0 Å². The van der Waals surface area contributed by atoms with E-state index in [-0.39, 0.29) is 18.3 Å². The van der Waals surface area contributed by atoms with Crippen LogP contribution in [0.5, 0.6) is 0 Å². The topological polar surface area (TPSA) is 44.8 Å². The van der Waals surface area contributed by atoms with E-state index >= 15 is 0 Å². The van der Waals surface area contributed by atoms with Crippen LogP contribution < -0.4 is 0 Å². The molecule has 0 saturated carbocycles. The molecule has 0 unspecified atom stereocenters. The van der Waals surface area contributed by atoms with E-state index in [0.717, 1.165) is 25.7 Å². The first-order valence-corrected chi connectivity index (χ1v) is 7.52. The van der Waals surface area contributed by atoms with Crippen LogP contribution in [0.2, 0.25) is 0 Å². The van der Waals surface area contributed by atoms with Gasteiger partial charge in [-0.15, -0.1) is 0 Å². The average Bonchev–Trinajstić information content (AvgIpc) is 2.62. The molecule has 0 radical (unpaired) electrons. The van der Waals surface area contributed by atoms with Gasteiger partial charge in [-0.05, 0) is 47.0 Å². The molecule has 1 aliphatic heterocycles. The highest BCUT2D eigenvalue weighted by atomic mass is 16.7. The highest BCUT2D eigenvalue weighted by Crippen LogP contribution is 2.27. The molecule has 1 heterocycles. The molecular formula is C16H28O4. The Labute approximate surface area is 122 Å². The van der Waals surface area contributed by atoms with Gasteiger partial charge in [-0.25, -0.2) is 4.79 Å². The Morgan fingerprint density at radius 3 is 2.65 bits per heavy atom. The van der Waals surface area contributed by atoms with Crippen molar-refractivity contribution >= 4 is 6.16 Å². The maximum atomic E-state index is 11.7. The summed E-state index contributed by atoms with van der Waals surface area (Å²) in [5.41, 5.74) is -0.526. The fourth-order valence-electron chi connectivity index (χ4n) is 2.24. The minimum Gasteiger partial charge on any atom is -0.429 e. The van der Waals surface area contributed by atoms with Gasteiger partial charge in [0.2, 0.25) is 0 Å². The maximum absolute atomic E-state index is 11.7. The number of rotatable bonds is 5. The lowest BCUT2D eigenvalue weighted by molar-refractivity contribution is -0.0484. The summed E-state index contributed by atoms with van der Waals surface area (Å²) < 4.78 is 16.4. The number of hydrogen-bond donors (Lipinski definition) is 0. The molecule has 1 aliphatic rings. The smallest absolute Gasteiger partial charge is 0.429 e. The monoisotopic (exact) mass is 284 g/mol. The molecule has 0 aromatic carbocycles. The van der Waals surface area contributed by atoms with Crippen molar-refractivity contribution < 1.29 is 19.0 Å². The lowest BCUT2D eigenvalue weighted by atomic mass is 10.1. The fraction of sp³-hybridized carbons (Fsp3) is 0.812. The fourth-order valence-corrected chi connectivity index (χ4v) is 2.24. The standard InChI is InChI=1S/C16H28O4/c1-6-7-8-9-10-13-14(11-12(2)18-13)19-15(17)20-16(3,4)5/h7-8,12-14H,6,9-11H2,1-5H3/b8-7+/t12-,13+,14-/m1/s1. The van der Waals surface area contributed by atoms with Gasteiger partial charge in [-0.2, -0.15) is 0 Å². The summed E-state index contributed by atoms with van der Waals surface area (Å²) in [6.45, 7) is 9.60. The van der Waals surface area contributed by atoms with E-state index in [1.165, 1.54) is 0 Å². The van der Waals surface area contributed by atoms with Gasteiger partial charge >= 0.3 is 6.16 Å². The van der Waals surface area contributed by atoms with Crippen molar-refractivity contribution in [2.24, 2.45) is 0 Å². The summed E-state index contributed by atoms with van der Waals surface area (Å²) in [4.78, 5) is 11.7. The lowest BCUT2D eigenvalue weighted by Gasteiger charge is -2.22. The van der Waals surface area contributed by atoms with E-state index in [4.69, 9.17) is 14.2 Å². The first-order valence-electron chi connectivity index (χ1n) is 7.52. The van der Waals surface area contributed by atoms with E-state index in [2.05, 4.69) is 19.1 Å². The minimum absolute atomic E-state index is 0.0287. The quantitative estimate of drug-likeness (QED) is 0.560. The summed E-state index contributed by atoms with van der Waals surface area (Å²) in [5.74, 6) is 0. The van der Waals surface area contributed by atoms with Crippen LogP contribution in [0.3, 0.4) is 0 Å². The summed E-state index contributed by atoms with van der Waals surface area (Å²) in [6.07, 6.45) is 7.18. The second kappa shape index (κ2) is 7.67. The molecule has 1 rings (SSSR count). The minimum atomic E-state index is -0.602. The number of ether oxygens (including phenoxy) is 3. The Kier molecular flexibility index (Phi) is 6.53. The zero-order valence-electron chi connectivity index (χ0n) is 13.3. The zero-order chi connectivity index (χ0) is 15.2. The van der Waals surface area contributed by atoms with Gasteiger partial charge in [-0.3, -0.25) is 0 Å². The molecular weight excluding hydrogens is 256 g/mol. The largest absolute Gasteiger partial charge is 0.509 e. The van der Waals surface area contributed by atoms with Crippen molar-refractivity contribution in [3.8, 4) is 0 Å². The van der Waals surface area contributed by atoms with Gasteiger partial charge < -0.3 is 14.2 Å². The van der Waals surface area contributed by atoms with Crippen LogP contribution >= 0.6 is 0 Å². The molecule has 0 N–H and O–H groups in total. The molecule has 1 fully saturated rings. The number of carbonyl (C=O) groups excluding carboxylic acids is 1. The average molecular weight is 284 g/mol. The first kappa shape index (κ1) is 17.0. The van der Waals surface area contributed by atoms with Crippen LogP contribution in [0, 0.1) is 0 Å². The van der Waals surface area contributed by atoms with Crippen LogP contribution in [0.15, 0.2) is 12.2 Å². The Morgan fingerprint density at radius 1 is 1.35 bits per heavy atom. The van der Waals surface area contributed by atoms with Gasteiger partial charge in [0.15, 0.2) is 0 Å². The molecule has 4 nitrogen and oxygen atoms in total. The number of hydrogen-bond acceptors (Lipinski definition) is 4. The Morgan fingerprint density at radius 2 is 2.05 bits per heavy atom. The number of allylic oxidation sites excluding steroid dienone is 2. The normalized spacial score (nSPS) is 26.9. The molecule has 4 heteroatoms. The van der Waals surface area contributed by atoms with Crippen molar-refractivity contribution in [3.05, 3.63) is 12.2 Å². The highest BCUT2D eigenvalue weighted by Gasteiger charge is 2.36. The van der Waals surface area contributed by atoms with E-state index in [0.29, 0.717) is 0 Å². The molecule has 1 saturated heterocycles. The molecule has 3 atom stereocenters. The first-order chi connectivity index (χ1) is 9.31. The van der Waals surface area contributed by atoms with Crippen LogP contribution in [0.1, 0.15) is 60.3 Å². The molecule has 0 aliphatic carbocycles. The molecule has 0 spiro atoms. The third-order valence-electron chi connectivity index (χ3n) is 3.04. The third-order valence-corrected chi connectivity index (χ3v) is 3.04. The van der Waals surface area contributed by atoms with E-state index < -0.39 is 11.8 Å². The molecule has 0 bridgehead atoms. The molecule has 116 valence electrons.